The topological polar surface area (TPSA) is 40.9 Å². The average Bonchev–Trinajstić information content (AvgIpc) is 3.26. The van der Waals surface area contributed by atoms with E-state index in [4.69, 9.17) is 0 Å². The van der Waals surface area contributed by atoms with Crippen LogP contribution in [0.5, 0.6) is 0 Å². The fraction of sp³-hybridized carbons (Fsp3) is 0.531. The van der Waals surface area contributed by atoms with Crippen LogP contribution in [0.1, 0.15) is 70.8 Å². The van der Waals surface area contributed by atoms with Gasteiger partial charge in [0.05, 0.1) is 6.04 Å². The van der Waals surface area contributed by atoms with E-state index < -0.39 is 0 Å². The molecule has 188 valence electrons. The predicted octanol–water partition coefficient (Wildman–Crippen LogP) is 8.60. The fourth-order valence-corrected chi connectivity index (χ4v) is 9.10. The highest BCUT2D eigenvalue weighted by Crippen LogP contribution is 2.67. The summed E-state index contributed by atoms with van der Waals surface area (Å²) in [6, 6.07) is 9.53. The number of fused-ring (bicyclic) bond motifs is 6. The quantitative estimate of drug-likeness (QED) is 0.317. The van der Waals surface area contributed by atoms with Crippen LogP contribution >= 0.6 is 0 Å². The van der Waals surface area contributed by atoms with Crippen molar-refractivity contribution in [1.82, 2.24) is 9.99 Å². The lowest BCUT2D eigenvalue weighted by Gasteiger charge is -2.61. The van der Waals surface area contributed by atoms with E-state index in [-0.39, 0.29) is 0 Å². The molecule has 1 heterocycles. The Kier molecular flexibility index (Phi) is 5.89. The van der Waals surface area contributed by atoms with Crippen LogP contribution < -0.4 is 0 Å². The summed E-state index contributed by atoms with van der Waals surface area (Å²) < 4.78 is 0. The first kappa shape index (κ1) is 23.6. The van der Waals surface area contributed by atoms with Gasteiger partial charge in [0.1, 0.15) is 0 Å². The molecule has 7 atom stereocenters. The maximum Gasteiger partial charge on any atom is 0.0539 e. The second kappa shape index (κ2) is 8.97. The number of allylic oxidation sites excluding steroid dienone is 2. The molecule has 1 aromatic heterocycles. The van der Waals surface area contributed by atoms with Gasteiger partial charge >= 0.3 is 0 Å². The first-order valence-electron chi connectivity index (χ1n) is 14.0. The molecule has 0 spiro atoms. The molecule has 3 saturated carbocycles. The number of nitrogens with zero attached hydrogens (tertiary/aromatic N) is 4. The summed E-state index contributed by atoms with van der Waals surface area (Å²) >= 11 is 0. The SMILES string of the molecule is C=C/N=N\N(C=C)[C@H]1CC[C@@]2(C)[C@@H](CC[C@@H]3[C@@H]2CC[C@]2(C)C(c4ccc5ccncc5c4)=CC[C@@H]32)C1. The van der Waals surface area contributed by atoms with Crippen molar-refractivity contribution in [2.24, 2.45) is 44.8 Å². The minimum absolute atomic E-state index is 0.294. The highest BCUT2D eigenvalue weighted by Gasteiger charge is 2.58. The normalized spacial score (nSPS) is 37.6. The van der Waals surface area contributed by atoms with E-state index in [0.29, 0.717) is 16.9 Å². The lowest BCUT2D eigenvalue weighted by Crippen LogP contribution is -2.54. The predicted molar refractivity (Wildman–Crippen MR) is 148 cm³/mol. The summed E-state index contributed by atoms with van der Waals surface area (Å²) in [5, 5.41) is 12.9. The minimum atomic E-state index is 0.294. The molecule has 4 nitrogen and oxygen atoms in total. The first-order valence-corrected chi connectivity index (χ1v) is 14.0. The minimum Gasteiger partial charge on any atom is -0.264 e. The molecule has 4 heteroatoms. The van der Waals surface area contributed by atoms with Gasteiger partial charge in [0.15, 0.2) is 0 Å². The van der Waals surface area contributed by atoms with Crippen LogP contribution in [-0.4, -0.2) is 16.0 Å². The summed E-state index contributed by atoms with van der Waals surface area (Å²) in [4.78, 5) is 4.37. The zero-order valence-corrected chi connectivity index (χ0v) is 21.9. The molecular formula is C32H40N4. The number of hydrogen-bond acceptors (Lipinski definition) is 3. The van der Waals surface area contributed by atoms with Gasteiger partial charge in [-0.1, -0.05) is 50.4 Å². The third-order valence-corrected chi connectivity index (χ3v) is 11.0. The van der Waals surface area contributed by atoms with Crippen molar-refractivity contribution in [2.75, 3.05) is 0 Å². The van der Waals surface area contributed by atoms with E-state index >= 15 is 0 Å². The molecule has 4 aliphatic rings. The summed E-state index contributed by atoms with van der Waals surface area (Å²) in [6.45, 7) is 12.9. The van der Waals surface area contributed by atoms with E-state index in [0.717, 1.165) is 23.7 Å². The number of hydrogen-bond donors (Lipinski definition) is 0. The molecule has 0 aliphatic heterocycles. The second-order valence-corrected chi connectivity index (χ2v) is 12.3. The maximum atomic E-state index is 4.37. The van der Waals surface area contributed by atoms with Crippen LogP contribution in [0.4, 0.5) is 0 Å². The monoisotopic (exact) mass is 480 g/mol. The van der Waals surface area contributed by atoms with Crippen LogP contribution in [0.2, 0.25) is 0 Å². The molecule has 1 aromatic carbocycles. The van der Waals surface area contributed by atoms with Crippen molar-refractivity contribution < 1.29 is 0 Å². The Morgan fingerprint density at radius 2 is 1.92 bits per heavy atom. The van der Waals surface area contributed by atoms with Gasteiger partial charge in [0.2, 0.25) is 0 Å². The van der Waals surface area contributed by atoms with Crippen molar-refractivity contribution in [2.45, 2.75) is 71.3 Å². The molecule has 0 N–H and O–H groups in total. The Balaban J connectivity index is 1.22. The number of rotatable bonds is 5. The molecule has 2 aromatic rings. The Morgan fingerprint density at radius 1 is 1.03 bits per heavy atom. The van der Waals surface area contributed by atoms with Crippen LogP contribution in [0, 0.1) is 34.5 Å². The smallest absolute Gasteiger partial charge is 0.0539 e. The van der Waals surface area contributed by atoms with Gasteiger partial charge in [-0.2, -0.15) is 0 Å². The lowest BCUT2D eigenvalue weighted by atomic mass is 9.44. The summed E-state index contributed by atoms with van der Waals surface area (Å²) in [5.74, 6) is 3.23. The maximum absolute atomic E-state index is 4.37. The molecule has 0 amide bonds. The molecule has 36 heavy (non-hydrogen) atoms. The molecule has 0 unspecified atom stereocenters. The van der Waals surface area contributed by atoms with Gasteiger partial charge in [-0.25, -0.2) is 0 Å². The van der Waals surface area contributed by atoms with Crippen LogP contribution in [0.15, 0.2) is 78.6 Å². The second-order valence-electron chi connectivity index (χ2n) is 12.3. The third-order valence-electron chi connectivity index (χ3n) is 11.0. The van der Waals surface area contributed by atoms with Crippen molar-refractivity contribution in [1.29, 1.82) is 0 Å². The van der Waals surface area contributed by atoms with E-state index in [1.54, 1.807) is 5.57 Å². The standard InChI is InChI=1S/C32H40N4/c1-5-34-35-36(6-2)26-13-16-31(3)25(20-26)9-10-27-29-12-11-28(32(29,4)17-14-30(27)31)23-8-7-22-15-18-33-21-24(22)19-23/h5-8,11,15,18-19,21,25-27,29-30H,1-2,9-10,12-14,16-17,20H2,3-4H3/b35-34-/t25-,26-,27-,29-,30-,31-,32+/m0/s1. The molecule has 0 radical (unpaired) electrons. The fourth-order valence-electron chi connectivity index (χ4n) is 9.10. The molecule has 4 aliphatic carbocycles. The van der Waals surface area contributed by atoms with Gasteiger partial charge in [-0.05, 0) is 115 Å². The van der Waals surface area contributed by atoms with E-state index in [1.165, 1.54) is 73.9 Å². The molecule has 0 saturated heterocycles. The first-order chi connectivity index (χ1) is 17.5. The van der Waals surface area contributed by atoms with Gasteiger partial charge < -0.3 is 0 Å². The van der Waals surface area contributed by atoms with Crippen molar-refractivity contribution in [3.63, 3.8) is 0 Å². The van der Waals surface area contributed by atoms with Crippen LogP contribution in [0.3, 0.4) is 0 Å². The van der Waals surface area contributed by atoms with E-state index in [2.05, 4.69) is 72.7 Å². The lowest BCUT2D eigenvalue weighted by molar-refractivity contribution is -0.106. The highest BCUT2D eigenvalue weighted by molar-refractivity contribution is 5.86. The Hall–Kier alpha value is -2.75. The largest absolute Gasteiger partial charge is 0.264 e. The van der Waals surface area contributed by atoms with Crippen LogP contribution in [-0.2, 0) is 0 Å². The van der Waals surface area contributed by atoms with Gasteiger partial charge in [0.25, 0.3) is 0 Å². The summed E-state index contributed by atoms with van der Waals surface area (Å²) in [6.07, 6.45) is 20.2. The Labute approximate surface area is 216 Å². The Bertz CT molecular complexity index is 1230. The van der Waals surface area contributed by atoms with Gasteiger partial charge in [-0.15, -0.1) is 5.11 Å². The summed E-state index contributed by atoms with van der Waals surface area (Å²) in [5.41, 5.74) is 3.75. The zero-order chi connectivity index (χ0) is 24.9. The number of aromatic nitrogens is 1. The van der Waals surface area contributed by atoms with Gasteiger partial charge in [0, 0.05) is 30.2 Å². The van der Waals surface area contributed by atoms with Crippen LogP contribution in [0.25, 0.3) is 16.3 Å². The van der Waals surface area contributed by atoms with Gasteiger partial charge in [-0.3, -0.25) is 9.99 Å². The molecule has 0 bridgehead atoms. The molecular weight excluding hydrogens is 440 g/mol. The number of pyridine rings is 1. The molecule has 3 fully saturated rings. The summed E-state index contributed by atoms with van der Waals surface area (Å²) in [7, 11) is 0. The van der Waals surface area contributed by atoms with E-state index in [1.807, 2.05) is 23.6 Å². The Morgan fingerprint density at radius 3 is 2.75 bits per heavy atom. The van der Waals surface area contributed by atoms with Crippen molar-refractivity contribution in [3.05, 3.63) is 73.9 Å². The average molecular weight is 481 g/mol. The zero-order valence-electron chi connectivity index (χ0n) is 21.9. The van der Waals surface area contributed by atoms with Crippen molar-refractivity contribution in [3.8, 4) is 0 Å². The van der Waals surface area contributed by atoms with Crippen molar-refractivity contribution >= 4 is 16.3 Å². The highest BCUT2D eigenvalue weighted by atomic mass is 15.5. The molecule has 6 rings (SSSR count). The van der Waals surface area contributed by atoms with E-state index in [9.17, 15) is 0 Å². The third kappa shape index (κ3) is 3.59. The number of benzene rings is 1.